The zero-order valence-corrected chi connectivity index (χ0v) is 10.5. The molecule has 0 radical (unpaired) electrons. The van der Waals surface area contributed by atoms with Crippen LogP contribution in [0.2, 0.25) is 0 Å². The molecule has 94 valence electrons. The lowest BCUT2D eigenvalue weighted by Gasteiger charge is -2.26. The van der Waals surface area contributed by atoms with Crippen LogP contribution < -0.4 is 0 Å². The van der Waals surface area contributed by atoms with Gasteiger partial charge in [-0.25, -0.2) is 4.79 Å². The van der Waals surface area contributed by atoms with Crippen molar-refractivity contribution in [2.75, 3.05) is 7.11 Å². The second kappa shape index (κ2) is 5.54. The standard InChI is InChI=1S/C15H16O3/c1-11-13(18-15(16)10-14(11)17-2)9-8-12-6-4-3-5-7-12/h3-11,13H,1-2H3/b9-8+/t11-,13-/m0/s1. The minimum Gasteiger partial charge on any atom is -0.500 e. The molecule has 2 rings (SSSR count). The van der Waals surface area contributed by atoms with E-state index in [-0.39, 0.29) is 18.0 Å². The van der Waals surface area contributed by atoms with Crippen LogP contribution in [0.15, 0.2) is 48.2 Å². The number of ether oxygens (including phenoxy) is 2. The Bertz CT molecular complexity index is 474. The lowest BCUT2D eigenvalue weighted by molar-refractivity contribution is -0.145. The number of esters is 1. The summed E-state index contributed by atoms with van der Waals surface area (Å²) in [6.45, 7) is 1.97. The Labute approximate surface area is 107 Å². The Morgan fingerprint density at radius 1 is 1.28 bits per heavy atom. The maximum atomic E-state index is 11.4. The Kier molecular flexibility index (Phi) is 3.82. The largest absolute Gasteiger partial charge is 0.500 e. The van der Waals surface area contributed by atoms with Crippen molar-refractivity contribution in [2.45, 2.75) is 13.0 Å². The van der Waals surface area contributed by atoms with Crippen LogP contribution in [0.25, 0.3) is 6.08 Å². The molecule has 2 atom stereocenters. The quantitative estimate of drug-likeness (QED) is 0.767. The summed E-state index contributed by atoms with van der Waals surface area (Å²) >= 11 is 0. The summed E-state index contributed by atoms with van der Waals surface area (Å²) in [5.41, 5.74) is 1.08. The molecule has 18 heavy (non-hydrogen) atoms. The van der Waals surface area contributed by atoms with Gasteiger partial charge >= 0.3 is 5.97 Å². The van der Waals surface area contributed by atoms with Crippen LogP contribution in [0.3, 0.4) is 0 Å². The third-order valence-electron chi connectivity index (χ3n) is 2.97. The molecule has 1 heterocycles. The van der Waals surface area contributed by atoms with Crippen molar-refractivity contribution in [3.05, 3.63) is 53.8 Å². The second-order valence-corrected chi connectivity index (χ2v) is 4.21. The monoisotopic (exact) mass is 244 g/mol. The lowest BCUT2D eigenvalue weighted by atomic mass is 9.98. The highest BCUT2D eigenvalue weighted by Crippen LogP contribution is 2.24. The Hall–Kier alpha value is -2.03. The van der Waals surface area contributed by atoms with E-state index in [2.05, 4.69) is 0 Å². The maximum absolute atomic E-state index is 11.4. The highest BCUT2D eigenvalue weighted by atomic mass is 16.6. The molecule has 1 aliphatic heterocycles. The maximum Gasteiger partial charge on any atom is 0.334 e. The van der Waals surface area contributed by atoms with E-state index >= 15 is 0 Å². The highest BCUT2D eigenvalue weighted by Gasteiger charge is 2.28. The van der Waals surface area contributed by atoms with Crippen LogP contribution in [0.4, 0.5) is 0 Å². The summed E-state index contributed by atoms with van der Waals surface area (Å²) in [5.74, 6) is 0.342. The summed E-state index contributed by atoms with van der Waals surface area (Å²) in [6, 6.07) is 9.90. The summed E-state index contributed by atoms with van der Waals surface area (Å²) in [5, 5.41) is 0. The molecule has 0 unspecified atom stereocenters. The zero-order chi connectivity index (χ0) is 13.0. The number of carbonyl (C=O) groups excluding carboxylic acids is 1. The van der Waals surface area contributed by atoms with E-state index in [4.69, 9.17) is 9.47 Å². The number of benzene rings is 1. The van der Waals surface area contributed by atoms with Gasteiger partial charge in [-0.2, -0.15) is 0 Å². The first kappa shape index (κ1) is 12.4. The molecule has 3 nitrogen and oxygen atoms in total. The van der Waals surface area contributed by atoms with Crippen LogP contribution in [-0.4, -0.2) is 19.2 Å². The molecule has 0 amide bonds. The first-order chi connectivity index (χ1) is 8.70. The van der Waals surface area contributed by atoms with Gasteiger partial charge < -0.3 is 9.47 Å². The van der Waals surface area contributed by atoms with Gasteiger partial charge in [0, 0.05) is 0 Å². The molecule has 0 aliphatic carbocycles. The van der Waals surface area contributed by atoms with Crippen LogP contribution in [0.1, 0.15) is 12.5 Å². The average molecular weight is 244 g/mol. The van der Waals surface area contributed by atoms with E-state index in [0.717, 1.165) is 5.56 Å². The van der Waals surface area contributed by atoms with Gasteiger partial charge in [0.2, 0.25) is 0 Å². The molecule has 3 heteroatoms. The lowest BCUT2D eigenvalue weighted by Crippen LogP contribution is -2.29. The van der Waals surface area contributed by atoms with E-state index in [1.54, 1.807) is 7.11 Å². The summed E-state index contributed by atoms with van der Waals surface area (Å²) in [4.78, 5) is 11.4. The van der Waals surface area contributed by atoms with E-state index in [9.17, 15) is 4.79 Å². The van der Waals surface area contributed by atoms with Gasteiger partial charge in [-0.1, -0.05) is 43.3 Å². The minimum atomic E-state index is -0.354. The first-order valence-corrected chi connectivity index (χ1v) is 5.90. The molecule has 0 spiro atoms. The van der Waals surface area contributed by atoms with Crippen LogP contribution in [-0.2, 0) is 14.3 Å². The number of hydrogen-bond donors (Lipinski definition) is 0. The number of carbonyl (C=O) groups is 1. The van der Waals surface area contributed by atoms with Gasteiger partial charge in [0.15, 0.2) is 0 Å². The number of methoxy groups -OCH3 is 1. The molecule has 0 saturated carbocycles. The third-order valence-corrected chi connectivity index (χ3v) is 2.97. The number of hydrogen-bond acceptors (Lipinski definition) is 3. The molecule has 0 fully saturated rings. The Balaban J connectivity index is 2.13. The van der Waals surface area contributed by atoms with Crippen molar-refractivity contribution in [1.29, 1.82) is 0 Å². The Morgan fingerprint density at radius 2 is 2.00 bits per heavy atom. The van der Waals surface area contributed by atoms with E-state index in [1.807, 2.05) is 49.4 Å². The SMILES string of the molecule is COC1=CC(=O)O[C@@H](/C=C/c2ccccc2)[C@@H]1C. The molecule has 0 aromatic heterocycles. The molecule has 0 saturated heterocycles. The van der Waals surface area contributed by atoms with Crippen LogP contribution in [0, 0.1) is 5.92 Å². The number of rotatable bonds is 3. The molecular weight excluding hydrogens is 228 g/mol. The average Bonchev–Trinajstić information content (AvgIpc) is 2.40. The van der Waals surface area contributed by atoms with Gasteiger partial charge in [-0.05, 0) is 11.6 Å². The van der Waals surface area contributed by atoms with Crippen molar-refractivity contribution < 1.29 is 14.3 Å². The predicted octanol–water partition coefficient (Wildman–Crippen LogP) is 2.79. The molecule has 1 aliphatic rings. The van der Waals surface area contributed by atoms with Gasteiger partial charge in [0.1, 0.15) is 11.9 Å². The van der Waals surface area contributed by atoms with Crippen molar-refractivity contribution >= 4 is 12.0 Å². The molecule has 1 aromatic carbocycles. The summed E-state index contributed by atoms with van der Waals surface area (Å²) in [7, 11) is 1.57. The zero-order valence-electron chi connectivity index (χ0n) is 10.5. The van der Waals surface area contributed by atoms with Crippen LogP contribution >= 0.6 is 0 Å². The first-order valence-electron chi connectivity index (χ1n) is 5.90. The van der Waals surface area contributed by atoms with Gasteiger partial charge in [-0.15, -0.1) is 0 Å². The fraction of sp³-hybridized carbons (Fsp3) is 0.267. The highest BCUT2D eigenvalue weighted by molar-refractivity contribution is 5.84. The van der Waals surface area contributed by atoms with E-state index < -0.39 is 0 Å². The molecule has 0 N–H and O–H groups in total. The Morgan fingerprint density at radius 3 is 2.67 bits per heavy atom. The normalized spacial score (nSPS) is 23.7. The van der Waals surface area contributed by atoms with E-state index in [1.165, 1.54) is 6.08 Å². The second-order valence-electron chi connectivity index (χ2n) is 4.21. The number of cyclic esters (lactones) is 1. The summed E-state index contributed by atoms with van der Waals surface area (Å²) < 4.78 is 10.5. The fourth-order valence-electron chi connectivity index (χ4n) is 1.90. The van der Waals surface area contributed by atoms with Gasteiger partial charge in [0.25, 0.3) is 0 Å². The van der Waals surface area contributed by atoms with Crippen molar-refractivity contribution in [2.24, 2.45) is 5.92 Å². The summed E-state index contributed by atoms with van der Waals surface area (Å²) in [6.07, 6.45) is 4.96. The van der Waals surface area contributed by atoms with Crippen molar-refractivity contribution in [1.82, 2.24) is 0 Å². The third kappa shape index (κ3) is 2.80. The predicted molar refractivity (Wildman–Crippen MR) is 69.6 cm³/mol. The molecule has 1 aromatic rings. The fourth-order valence-corrected chi connectivity index (χ4v) is 1.90. The van der Waals surface area contributed by atoms with Gasteiger partial charge in [-0.3, -0.25) is 0 Å². The van der Waals surface area contributed by atoms with Gasteiger partial charge in [0.05, 0.1) is 19.1 Å². The molecule has 0 bridgehead atoms. The minimum absolute atomic E-state index is 0.0349. The topological polar surface area (TPSA) is 35.5 Å². The van der Waals surface area contributed by atoms with E-state index in [0.29, 0.717) is 5.76 Å². The smallest absolute Gasteiger partial charge is 0.334 e. The van der Waals surface area contributed by atoms with Crippen LogP contribution in [0.5, 0.6) is 0 Å². The van der Waals surface area contributed by atoms with Crippen molar-refractivity contribution in [3.63, 3.8) is 0 Å². The molecular formula is C15H16O3. The van der Waals surface area contributed by atoms with Crippen molar-refractivity contribution in [3.8, 4) is 0 Å².